The number of methoxy groups -OCH3 is 1. The molecule has 11 heteroatoms. The van der Waals surface area contributed by atoms with Crippen molar-refractivity contribution in [2.45, 2.75) is 44.6 Å². The molecule has 3 saturated heterocycles. The van der Waals surface area contributed by atoms with E-state index in [1.807, 2.05) is 11.1 Å². The number of carbonyl (C=O) groups is 1. The van der Waals surface area contributed by atoms with Crippen LogP contribution in [0.3, 0.4) is 0 Å². The highest BCUT2D eigenvalue weighted by atomic mass is 35.5. The maximum atomic E-state index is 11.8. The van der Waals surface area contributed by atoms with Gasteiger partial charge in [-0.3, -0.25) is 9.69 Å². The summed E-state index contributed by atoms with van der Waals surface area (Å²) in [5.74, 6) is 1.62. The van der Waals surface area contributed by atoms with E-state index in [1.54, 1.807) is 0 Å². The van der Waals surface area contributed by atoms with E-state index in [2.05, 4.69) is 20.2 Å². The van der Waals surface area contributed by atoms with E-state index >= 15 is 0 Å². The minimum absolute atomic E-state index is 0. The predicted molar refractivity (Wildman–Crippen MR) is 124 cm³/mol. The molecule has 1 N–H and O–H groups in total. The van der Waals surface area contributed by atoms with Gasteiger partial charge in [-0.05, 0) is 38.8 Å². The van der Waals surface area contributed by atoms with Gasteiger partial charge in [-0.25, -0.2) is 19.9 Å². The Morgan fingerprint density at radius 2 is 1.53 bits per heavy atom. The van der Waals surface area contributed by atoms with Crippen LogP contribution in [-0.4, -0.2) is 97.5 Å². The lowest BCUT2D eigenvalue weighted by molar-refractivity contribution is -0.182. The number of piperidine rings is 2. The Morgan fingerprint density at radius 3 is 2.07 bits per heavy atom. The highest BCUT2D eigenvalue weighted by Gasteiger charge is 2.32. The average molecular weight is 489 g/mol. The van der Waals surface area contributed by atoms with Crippen molar-refractivity contribution < 1.29 is 14.3 Å². The van der Waals surface area contributed by atoms with Crippen LogP contribution in [0.15, 0.2) is 5.70 Å². The quantitative estimate of drug-likeness (QED) is 0.446. The molecule has 0 aliphatic carbocycles. The average Bonchev–Trinajstić information content (AvgIpc) is 2.75. The molecule has 3 aliphatic heterocycles. The van der Waals surface area contributed by atoms with Gasteiger partial charge in [0, 0.05) is 45.3 Å². The largest absolute Gasteiger partial charge is 0.469 e. The summed E-state index contributed by atoms with van der Waals surface area (Å²) in [5, 5.41) is 9.79. The number of rotatable bonds is 6. The fourth-order valence-corrected chi connectivity index (χ4v) is 4.38. The maximum Gasteiger partial charge on any atom is 0.312 e. The van der Waals surface area contributed by atoms with Crippen LogP contribution in [0.4, 0.5) is 0 Å². The molecule has 0 atom stereocenters. The van der Waals surface area contributed by atoms with Gasteiger partial charge in [-0.1, -0.05) is 6.42 Å². The molecule has 3 rings (SSSR count). The summed E-state index contributed by atoms with van der Waals surface area (Å²) in [6.07, 6.45) is 5.80. The number of nitrogens with zero attached hydrogens (tertiary/aromatic N) is 4. The van der Waals surface area contributed by atoms with E-state index < -0.39 is 5.97 Å². The van der Waals surface area contributed by atoms with Gasteiger partial charge in [-0.15, -0.1) is 37.2 Å². The fourth-order valence-electron chi connectivity index (χ4n) is 4.38. The Labute approximate surface area is 198 Å². The molecule has 8 nitrogen and oxygen atoms in total. The zero-order valence-electron chi connectivity index (χ0n) is 17.7. The van der Waals surface area contributed by atoms with Crippen molar-refractivity contribution in [1.29, 1.82) is 0 Å². The molecule has 3 heterocycles. The molecule has 0 radical (unpaired) electrons. The number of ether oxygens (including phenoxy) is 1. The van der Waals surface area contributed by atoms with E-state index in [1.165, 1.54) is 26.4 Å². The molecule has 30 heavy (non-hydrogen) atoms. The van der Waals surface area contributed by atoms with Gasteiger partial charge in [0.15, 0.2) is 0 Å². The number of hydrogen-bond acceptors (Lipinski definition) is 8. The van der Waals surface area contributed by atoms with Crippen LogP contribution in [0.2, 0.25) is 0 Å². The lowest BCUT2D eigenvalue weighted by Gasteiger charge is -2.49. The summed E-state index contributed by atoms with van der Waals surface area (Å²) in [6.45, 7) is 7.68. The second kappa shape index (κ2) is 15.3. The standard InChI is InChI=1S/C19H33N5O3.3ClH/c1-27-19(26)15-18(16-25)24(22-9-3-2-4-10-22)23-13-11-21(12-14-23)17-5-7-20-8-6-17;;;/h17,20H,2-15H2,1H3;3*1H. The van der Waals surface area contributed by atoms with Gasteiger partial charge in [0.25, 0.3) is 0 Å². The predicted octanol–water partition coefficient (Wildman–Crippen LogP) is 1.52. The fraction of sp³-hybridized carbons (Fsp3) is 0.842. The Morgan fingerprint density at radius 1 is 0.967 bits per heavy atom. The second-order valence-corrected chi connectivity index (χ2v) is 7.58. The van der Waals surface area contributed by atoms with E-state index in [9.17, 15) is 9.59 Å². The zero-order valence-corrected chi connectivity index (χ0v) is 20.2. The van der Waals surface area contributed by atoms with Crippen LogP contribution < -0.4 is 5.32 Å². The Bertz CT molecular complexity index is 546. The normalized spacial score (nSPS) is 21.2. The highest BCUT2D eigenvalue weighted by Crippen LogP contribution is 2.22. The van der Waals surface area contributed by atoms with Gasteiger partial charge in [-0.2, -0.15) is 0 Å². The van der Waals surface area contributed by atoms with Crippen molar-refractivity contribution in [1.82, 2.24) is 25.4 Å². The van der Waals surface area contributed by atoms with Crippen molar-refractivity contribution in [2.24, 2.45) is 0 Å². The van der Waals surface area contributed by atoms with Crippen molar-refractivity contribution in [3.8, 4) is 0 Å². The van der Waals surface area contributed by atoms with E-state index in [4.69, 9.17) is 4.74 Å². The van der Waals surface area contributed by atoms with Gasteiger partial charge in [0.05, 0.1) is 13.5 Å². The number of piperazine rings is 1. The summed E-state index contributed by atoms with van der Waals surface area (Å²) in [6, 6.07) is 0.660. The van der Waals surface area contributed by atoms with Gasteiger partial charge < -0.3 is 10.1 Å². The minimum atomic E-state index is -0.399. The smallest absolute Gasteiger partial charge is 0.312 e. The SMILES string of the molecule is COC(=O)CC(=C=O)N(N1CCCCC1)N1CCN(C2CCNCC2)CC1.Cl.Cl.Cl. The third-order valence-corrected chi connectivity index (χ3v) is 5.88. The van der Waals surface area contributed by atoms with Crippen LogP contribution in [0.5, 0.6) is 0 Å². The molecule has 0 amide bonds. The van der Waals surface area contributed by atoms with Crippen molar-refractivity contribution >= 4 is 49.1 Å². The molecule has 0 aromatic carbocycles. The van der Waals surface area contributed by atoms with Gasteiger partial charge in [0.2, 0.25) is 0 Å². The molecule has 0 bridgehead atoms. The molecule has 0 saturated carbocycles. The molecule has 0 aromatic rings. The Balaban J connectivity index is 0.00000280. The summed E-state index contributed by atoms with van der Waals surface area (Å²) >= 11 is 0. The van der Waals surface area contributed by atoms with Crippen LogP contribution in [0.25, 0.3) is 0 Å². The molecule has 3 aliphatic rings. The highest BCUT2D eigenvalue weighted by molar-refractivity contribution is 5.86. The van der Waals surface area contributed by atoms with Gasteiger partial charge in [0.1, 0.15) is 11.6 Å². The molecule has 0 unspecified atom stereocenters. The summed E-state index contributed by atoms with van der Waals surface area (Å²) < 4.78 is 4.79. The third kappa shape index (κ3) is 7.84. The van der Waals surface area contributed by atoms with Gasteiger partial charge >= 0.3 is 5.97 Å². The van der Waals surface area contributed by atoms with Crippen molar-refractivity contribution in [3.63, 3.8) is 0 Å². The monoisotopic (exact) mass is 487 g/mol. The first kappa shape index (κ1) is 29.4. The van der Waals surface area contributed by atoms with Crippen LogP contribution >= 0.6 is 37.2 Å². The molecule has 176 valence electrons. The third-order valence-electron chi connectivity index (χ3n) is 5.88. The number of nitrogens with one attached hydrogen (secondary N) is 1. The van der Waals surface area contributed by atoms with Crippen LogP contribution in [0, 0.1) is 0 Å². The van der Waals surface area contributed by atoms with E-state index in [0.717, 1.165) is 65.2 Å². The minimum Gasteiger partial charge on any atom is -0.469 e. The first-order valence-corrected chi connectivity index (χ1v) is 10.3. The second-order valence-electron chi connectivity index (χ2n) is 7.58. The number of hydrogen-bond donors (Lipinski definition) is 1. The number of halogens is 3. The summed E-state index contributed by atoms with van der Waals surface area (Å²) in [7, 11) is 1.35. The van der Waals surface area contributed by atoms with E-state index in [-0.39, 0.29) is 43.6 Å². The molecule has 3 fully saturated rings. The summed E-state index contributed by atoms with van der Waals surface area (Å²) in [4.78, 5) is 26.1. The molecular weight excluding hydrogens is 453 g/mol. The van der Waals surface area contributed by atoms with Crippen molar-refractivity contribution in [2.75, 3.05) is 59.5 Å². The molecular formula is C19H36Cl3N5O3. The van der Waals surface area contributed by atoms with Crippen LogP contribution in [0.1, 0.15) is 38.5 Å². The van der Waals surface area contributed by atoms with E-state index in [0.29, 0.717) is 11.7 Å². The van der Waals surface area contributed by atoms with Crippen molar-refractivity contribution in [3.05, 3.63) is 5.70 Å². The van der Waals surface area contributed by atoms with Crippen LogP contribution in [-0.2, 0) is 14.3 Å². The summed E-state index contributed by atoms with van der Waals surface area (Å²) in [5.41, 5.74) is 0.360. The zero-order chi connectivity index (χ0) is 19.1. The molecule has 0 spiro atoms. The topological polar surface area (TPSA) is 68.4 Å². The first-order valence-electron chi connectivity index (χ1n) is 10.3. The first-order chi connectivity index (χ1) is 13.2. The molecule has 0 aromatic heterocycles. The maximum absolute atomic E-state index is 11.8. The lowest BCUT2D eigenvalue weighted by Crippen LogP contribution is -2.61. The number of esters is 1. The number of hydrazine groups is 2. The number of carbonyl (C=O) groups excluding carboxylic acids is 2. The Hall–Kier alpha value is -0.570. The Kier molecular flexibility index (Phi) is 15.0. The lowest BCUT2D eigenvalue weighted by atomic mass is 10.0.